The Hall–Kier alpha value is -0.920. The maximum absolute atomic E-state index is 12.8. The van der Waals surface area contributed by atoms with Gasteiger partial charge in [-0.05, 0) is 26.8 Å². The minimum Gasteiger partial charge on any atom is -0.316 e. The van der Waals surface area contributed by atoms with Gasteiger partial charge in [-0.3, -0.25) is 5.10 Å². The Kier molecular flexibility index (Phi) is 4.82. The van der Waals surface area contributed by atoms with E-state index in [4.69, 9.17) is 0 Å². The van der Waals surface area contributed by atoms with Crippen LogP contribution in [-0.2, 0) is 16.6 Å². The predicted octanol–water partition coefficient (Wildman–Crippen LogP) is 1.39. The Morgan fingerprint density at radius 3 is 2.60 bits per heavy atom. The van der Waals surface area contributed by atoms with Crippen LogP contribution in [0, 0.1) is 6.92 Å². The van der Waals surface area contributed by atoms with Crippen LogP contribution in [0.15, 0.2) is 5.03 Å². The lowest BCUT2D eigenvalue weighted by Crippen LogP contribution is -2.38. The number of sulfonamides is 1. The molecule has 0 bridgehead atoms. The second-order valence-corrected chi connectivity index (χ2v) is 7.39. The van der Waals surface area contributed by atoms with Crippen molar-refractivity contribution in [1.82, 2.24) is 19.8 Å². The van der Waals surface area contributed by atoms with Crippen LogP contribution in [0.3, 0.4) is 0 Å². The first kappa shape index (κ1) is 15.5. The molecule has 0 spiro atoms. The number of H-pyrrole nitrogens is 1. The SMILES string of the molecule is CNCc1c(S(=O)(=O)N(C)C2CCCCC2)n[nH]c1C. The van der Waals surface area contributed by atoms with Crippen molar-refractivity contribution in [2.45, 2.75) is 56.6 Å². The average molecular weight is 300 g/mol. The van der Waals surface area contributed by atoms with E-state index in [-0.39, 0.29) is 11.1 Å². The predicted molar refractivity (Wildman–Crippen MR) is 77.9 cm³/mol. The number of aromatic amines is 1. The van der Waals surface area contributed by atoms with Gasteiger partial charge in [-0.2, -0.15) is 9.40 Å². The number of nitrogens with zero attached hydrogens (tertiary/aromatic N) is 2. The highest BCUT2D eigenvalue weighted by molar-refractivity contribution is 7.89. The molecule has 1 aliphatic rings. The number of rotatable bonds is 5. The summed E-state index contributed by atoms with van der Waals surface area (Å²) in [4.78, 5) is 0. The number of nitrogens with one attached hydrogen (secondary N) is 2. The van der Waals surface area contributed by atoms with E-state index in [0.717, 1.165) is 36.9 Å². The largest absolute Gasteiger partial charge is 0.316 e. The molecule has 114 valence electrons. The van der Waals surface area contributed by atoms with E-state index < -0.39 is 10.0 Å². The molecule has 1 aromatic heterocycles. The van der Waals surface area contributed by atoms with E-state index in [0.29, 0.717) is 6.54 Å². The third-order valence-electron chi connectivity index (χ3n) is 4.10. The molecule has 1 heterocycles. The smallest absolute Gasteiger partial charge is 0.262 e. The highest BCUT2D eigenvalue weighted by Gasteiger charge is 2.33. The van der Waals surface area contributed by atoms with Gasteiger partial charge in [0.2, 0.25) is 0 Å². The van der Waals surface area contributed by atoms with Crippen LogP contribution in [-0.4, -0.2) is 43.1 Å². The molecule has 20 heavy (non-hydrogen) atoms. The van der Waals surface area contributed by atoms with Crippen molar-refractivity contribution in [3.05, 3.63) is 11.3 Å². The summed E-state index contributed by atoms with van der Waals surface area (Å²) in [7, 11) is -0.0413. The summed E-state index contributed by atoms with van der Waals surface area (Å²) in [6.45, 7) is 2.34. The number of aromatic nitrogens is 2. The highest BCUT2D eigenvalue weighted by Crippen LogP contribution is 2.27. The molecule has 1 fully saturated rings. The summed E-state index contributed by atoms with van der Waals surface area (Å²) in [5, 5.41) is 9.98. The van der Waals surface area contributed by atoms with E-state index >= 15 is 0 Å². The molecule has 0 aliphatic heterocycles. The van der Waals surface area contributed by atoms with Crippen molar-refractivity contribution in [2.75, 3.05) is 14.1 Å². The van der Waals surface area contributed by atoms with Gasteiger partial charge in [0.1, 0.15) is 0 Å². The third-order valence-corrected chi connectivity index (χ3v) is 5.98. The Bertz CT molecular complexity index is 547. The maximum Gasteiger partial charge on any atom is 0.262 e. The molecule has 1 aromatic rings. The summed E-state index contributed by atoms with van der Waals surface area (Å²) >= 11 is 0. The van der Waals surface area contributed by atoms with Gasteiger partial charge in [0.05, 0.1) is 0 Å². The van der Waals surface area contributed by atoms with Crippen molar-refractivity contribution in [2.24, 2.45) is 0 Å². The molecule has 0 saturated heterocycles. The standard InChI is InChI=1S/C13H24N4O2S/c1-10-12(9-14-2)13(16-15-10)20(18,19)17(3)11-7-5-4-6-8-11/h11,14H,4-9H2,1-3H3,(H,15,16). The number of hydrogen-bond donors (Lipinski definition) is 2. The lowest BCUT2D eigenvalue weighted by Gasteiger charge is -2.30. The molecule has 6 nitrogen and oxygen atoms in total. The molecule has 0 aromatic carbocycles. The third kappa shape index (κ3) is 2.89. The second-order valence-electron chi connectivity index (χ2n) is 5.48. The van der Waals surface area contributed by atoms with Gasteiger partial charge in [-0.25, -0.2) is 8.42 Å². The van der Waals surface area contributed by atoms with Gasteiger partial charge in [0.25, 0.3) is 10.0 Å². The van der Waals surface area contributed by atoms with Gasteiger partial charge >= 0.3 is 0 Å². The van der Waals surface area contributed by atoms with Crippen molar-refractivity contribution in [1.29, 1.82) is 0 Å². The van der Waals surface area contributed by atoms with Crippen molar-refractivity contribution < 1.29 is 8.42 Å². The van der Waals surface area contributed by atoms with Crippen LogP contribution in [0.2, 0.25) is 0 Å². The Balaban J connectivity index is 2.29. The van der Waals surface area contributed by atoms with Crippen molar-refractivity contribution >= 4 is 10.0 Å². The molecular weight excluding hydrogens is 276 g/mol. The lowest BCUT2D eigenvalue weighted by atomic mass is 9.96. The lowest BCUT2D eigenvalue weighted by molar-refractivity contribution is 0.285. The average Bonchev–Trinajstić information content (AvgIpc) is 2.81. The van der Waals surface area contributed by atoms with Crippen LogP contribution in [0.5, 0.6) is 0 Å². The molecule has 2 rings (SSSR count). The molecule has 7 heteroatoms. The normalized spacial score (nSPS) is 17.8. The molecule has 0 atom stereocenters. The van der Waals surface area contributed by atoms with E-state index in [1.165, 1.54) is 10.7 Å². The molecule has 0 unspecified atom stereocenters. The molecule has 1 saturated carbocycles. The minimum absolute atomic E-state index is 0.105. The second kappa shape index (κ2) is 6.24. The summed E-state index contributed by atoms with van der Waals surface area (Å²) < 4.78 is 27.0. The fourth-order valence-corrected chi connectivity index (χ4v) is 4.38. The molecule has 0 amide bonds. The van der Waals surface area contributed by atoms with Crippen molar-refractivity contribution in [3.63, 3.8) is 0 Å². The first-order valence-corrected chi connectivity index (χ1v) is 8.59. The molecule has 2 N–H and O–H groups in total. The maximum atomic E-state index is 12.8. The van der Waals surface area contributed by atoms with E-state index in [1.54, 1.807) is 14.1 Å². The van der Waals surface area contributed by atoms with E-state index in [1.807, 2.05) is 6.92 Å². The fourth-order valence-electron chi connectivity index (χ4n) is 2.81. The number of hydrogen-bond acceptors (Lipinski definition) is 4. The van der Waals surface area contributed by atoms with E-state index in [2.05, 4.69) is 15.5 Å². The zero-order chi connectivity index (χ0) is 14.8. The Morgan fingerprint density at radius 1 is 1.35 bits per heavy atom. The van der Waals surface area contributed by atoms with Crippen LogP contribution >= 0.6 is 0 Å². The summed E-state index contributed by atoms with van der Waals surface area (Å²) in [6, 6.07) is 0.105. The molecule has 0 radical (unpaired) electrons. The first-order chi connectivity index (χ1) is 9.48. The topological polar surface area (TPSA) is 78.1 Å². The van der Waals surface area contributed by atoms with E-state index in [9.17, 15) is 8.42 Å². The van der Waals surface area contributed by atoms with Gasteiger partial charge in [-0.1, -0.05) is 19.3 Å². The zero-order valence-electron chi connectivity index (χ0n) is 12.4. The minimum atomic E-state index is -3.52. The monoisotopic (exact) mass is 300 g/mol. The van der Waals surface area contributed by atoms with Gasteiger partial charge in [0, 0.05) is 30.9 Å². The van der Waals surface area contributed by atoms with Gasteiger partial charge in [0.15, 0.2) is 5.03 Å². The number of aryl methyl sites for hydroxylation is 1. The van der Waals surface area contributed by atoms with Crippen LogP contribution in [0.1, 0.15) is 43.4 Å². The molecular formula is C13H24N4O2S. The summed E-state index contributed by atoms with van der Waals surface area (Å²) in [5.74, 6) is 0. The van der Waals surface area contributed by atoms with Gasteiger partial charge < -0.3 is 5.32 Å². The van der Waals surface area contributed by atoms with Crippen LogP contribution < -0.4 is 5.32 Å². The molecule has 1 aliphatic carbocycles. The summed E-state index contributed by atoms with van der Waals surface area (Å²) in [6.07, 6.45) is 5.30. The Labute approximate surface area is 121 Å². The van der Waals surface area contributed by atoms with Gasteiger partial charge in [-0.15, -0.1) is 0 Å². The Morgan fingerprint density at radius 2 is 2.00 bits per heavy atom. The van der Waals surface area contributed by atoms with Crippen LogP contribution in [0.4, 0.5) is 0 Å². The quantitative estimate of drug-likeness (QED) is 0.861. The van der Waals surface area contributed by atoms with Crippen molar-refractivity contribution in [3.8, 4) is 0 Å². The summed E-state index contributed by atoms with van der Waals surface area (Å²) in [5.41, 5.74) is 1.53. The zero-order valence-corrected chi connectivity index (χ0v) is 13.3. The highest BCUT2D eigenvalue weighted by atomic mass is 32.2. The van der Waals surface area contributed by atoms with Crippen LogP contribution in [0.25, 0.3) is 0 Å². The fraction of sp³-hybridized carbons (Fsp3) is 0.769. The first-order valence-electron chi connectivity index (χ1n) is 7.15.